The number of nitrogens with one attached hydrogen (secondary N) is 1. The van der Waals surface area contributed by atoms with E-state index in [1.165, 1.54) is 7.11 Å². The highest BCUT2D eigenvalue weighted by molar-refractivity contribution is 5.65. The molecular weight excluding hydrogens is 323 g/mol. The lowest BCUT2D eigenvalue weighted by molar-refractivity contribution is -0.384. The Morgan fingerprint density at radius 3 is 2.78 bits per heavy atom. The van der Waals surface area contributed by atoms with E-state index in [1.54, 1.807) is 0 Å². The van der Waals surface area contributed by atoms with Crippen molar-refractivity contribution in [2.24, 2.45) is 0 Å². The first kappa shape index (κ1) is 16.6. The molecule has 0 aliphatic carbocycles. The van der Waals surface area contributed by atoms with Crippen LogP contribution in [0, 0.1) is 10.1 Å². The SMILES string of the molecule is COCCNc1ncc(-c2noc(C(F)(F)F)n2)cc1[N+](=O)[O-]. The van der Waals surface area contributed by atoms with E-state index in [4.69, 9.17) is 4.74 Å². The quantitative estimate of drug-likeness (QED) is 0.485. The summed E-state index contributed by atoms with van der Waals surface area (Å²) in [6, 6.07) is 1.01. The van der Waals surface area contributed by atoms with Gasteiger partial charge in [0, 0.05) is 31.5 Å². The van der Waals surface area contributed by atoms with Crippen LogP contribution in [0.25, 0.3) is 11.4 Å². The van der Waals surface area contributed by atoms with Gasteiger partial charge in [0.25, 0.3) is 0 Å². The first-order chi connectivity index (χ1) is 10.8. The van der Waals surface area contributed by atoms with E-state index in [2.05, 4.69) is 25.0 Å². The summed E-state index contributed by atoms with van der Waals surface area (Å²) in [4.78, 5) is 17.3. The Bertz CT molecular complexity index is 703. The van der Waals surface area contributed by atoms with Gasteiger partial charge in [-0.25, -0.2) is 4.98 Å². The number of rotatable bonds is 6. The maximum absolute atomic E-state index is 12.4. The smallest absolute Gasteiger partial charge is 0.383 e. The van der Waals surface area contributed by atoms with Crippen LogP contribution in [0.4, 0.5) is 24.7 Å². The van der Waals surface area contributed by atoms with E-state index in [-0.39, 0.29) is 17.9 Å². The first-order valence-electron chi connectivity index (χ1n) is 6.11. The Morgan fingerprint density at radius 1 is 1.48 bits per heavy atom. The summed E-state index contributed by atoms with van der Waals surface area (Å²) in [7, 11) is 1.46. The zero-order valence-corrected chi connectivity index (χ0v) is 11.6. The lowest BCUT2D eigenvalue weighted by atomic mass is 10.2. The Hall–Kier alpha value is -2.76. The zero-order valence-electron chi connectivity index (χ0n) is 11.6. The standard InChI is InChI=1S/C11H10F3N5O4/c1-22-3-2-15-9-7(19(20)21)4-6(5-16-9)8-17-10(23-18-8)11(12,13)14/h4-5H,2-3H2,1H3,(H,15,16). The molecule has 2 heterocycles. The molecule has 12 heteroatoms. The summed E-state index contributed by atoms with van der Waals surface area (Å²) in [5.41, 5.74) is -0.509. The van der Waals surface area contributed by atoms with Gasteiger partial charge in [-0.1, -0.05) is 5.16 Å². The molecule has 0 atom stereocenters. The molecule has 0 saturated carbocycles. The zero-order chi connectivity index (χ0) is 17.0. The van der Waals surface area contributed by atoms with Gasteiger partial charge in [0.15, 0.2) is 0 Å². The number of hydrogen-bond acceptors (Lipinski definition) is 8. The molecule has 0 aromatic carbocycles. The van der Waals surface area contributed by atoms with Crippen LogP contribution < -0.4 is 5.32 Å². The van der Waals surface area contributed by atoms with Gasteiger partial charge >= 0.3 is 17.8 Å². The van der Waals surface area contributed by atoms with Crippen molar-refractivity contribution in [1.82, 2.24) is 15.1 Å². The van der Waals surface area contributed by atoms with Crippen LogP contribution in [-0.2, 0) is 10.9 Å². The predicted molar refractivity (Wildman–Crippen MR) is 69.6 cm³/mol. The minimum atomic E-state index is -4.80. The van der Waals surface area contributed by atoms with Crippen LogP contribution >= 0.6 is 0 Å². The van der Waals surface area contributed by atoms with E-state index >= 15 is 0 Å². The van der Waals surface area contributed by atoms with Gasteiger partial charge in [-0.3, -0.25) is 10.1 Å². The van der Waals surface area contributed by atoms with Crippen molar-refractivity contribution in [3.8, 4) is 11.4 Å². The summed E-state index contributed by atoms with van der Waals surface area (Å²) in [5.74, 6) is -2.04. The Morgan fingerprint density at radius 2 is 2.22 bits per heavy atom. The molecule has 0 spiro atoms. The number of methoxy groups -OCH3 is 1. The number of halogens is 3. The number of ether oxygens (including phenoxy) is 1. The molecule has 2 rings (SSSR count). The molecule has 0 bridgehead atoms. The maximum Gasteiger partial charge on any atom is 0.471 e. The second kappa shape index (κ2) is 6.56. The molecule has 0 aliphatic rings. The second-order valence-corrected chi connectivity index (χ2v) is 4.19. The highest BCUT2D eigenvalue weighted by Gasteiger charge is 2.38. The molecule has 2 aromatic heterocycles. The van der Waals surface area contributed by atoms with Gasteiger partial charge in [0.05, 0.1) is 11.5 Å². The van der Waals surface area contributed by atoms with Crippen molar-refractivity contribution in [3.63, 3.8) is 0 Å². The molecule has 0 amide bonds. The van der Waals surface area contributed by atoms with Gasteiger partial charge in [0.2, 0.25) is 11.6 Å². The lowest BCUT2D eigenvalue weighted by Gasteiger charge is -2.06. The topological polar surface area (TPSA) is 116 Å². The summed E-state index contributed by atoms with van der Waals surface area (Å²) in [5, 5.41) is 16.9. The molecule has 0 fully saturated rings. The predicted octanol–water partition coefficient (Wildman–Crippen LogP) is 2.12. The molecule has 1 N–H and O–H groups in total. The number of alkyl halides is 3. The fourth-order valence-electron chi connectivity index (χ4n) is 1.58. The van der Waals surface area contributed by atoms with Gasteiger partial charge in [-0.15, -0.1) is 0 Å². The highest BCUT2D eigenvalue weighted by Crippen LogP contribution is 2.31. The van der Waals surface area contributed by atoms with Crippen molar-refractivity contribution in [3.05, 3.63) is 28.3 Å². The molecule has 0 aliphatic heterocycles. The van der Waals surface area contributed by atoms with Crippen molar-refractivity contribution < 1.29 is 27.4 Å². The van der Waals surface area contributed by atoms with E-state index < -0.39 is 28.5 Å². The minimum Gasteiger partial charge on any atom is -0.383 e. The van der Waals surface area contributed by atoms with Crippen molar-refractivity contribution in [2.45, 2.75) is 6.18 Å². The average molecular weight is 333 g/mol. The third-order valence-corrected chi connectivity index (χ3v) is 2.59. The van der Waals surface area contributed by atoms with Gasteiger partial charge in [0.1, 0.15) is 0 Å². The number of hydrogen-bond donors (Lipinski definition) is 1. The number of nitrogens with zero attached hydrogens (tertiary/aromatic N) is 4. The lowest BCUT2D eigenvalue weighted by Crippen LogP contribution is -2.10. The molecule has 0 unspecified atom stereocenters. The van der Waals surface area contributed by atoms with Crippen LogP contribution in [0.2, 0.25) is 0 Å². The normalized spacial score (nSPS) is 11.5. The average Bonchev–Trinajstić information content (AvgIpc) is 2.97. The first-order valence-corrected chi connectivity index (χ1v) is 6.11. The molecular formula is C11H10F3N5O4. The van der Waals surface area contributed by atoms with Gasteiger partial charge < -0.3 is 14.6 Å². The van der Waals surface area contributed by atoms with Crippen LogP contribution in [0.3, 0.4) is 0 Å². The monoisotopic (exact) mass is 333 g/mol. The summed E-state index contributed by atoms with van der Waals surface area (Å²) in [6.45, 7) is 0.560. The maximum atomic E-state index is 12.4. The summed E-state index contributed by atoms with van der Waals surface area (Å²) >= 11 is 0. The largest absolute Gasteiger partial charge is 0.471 e. The molecule has 9 nitrogen and oxygen atoms in total. The van der Waals surface area contributed by atoms with Gasteiger partial charge in [-0.2, -0.15) is 18.2 Å². The van der Waals surface area contributed by atoms with Crippen molar-refractivity contribution in [1.29, 1.82) is 0 Å². The fourth-order valence-corrected chi connectivity index (χ4v) is 1.58. The molecule has 124 valence electrons. The molecule has 0 saturated heterocycles. The summed E-state index contributed by atoms with van der Waals surface area (Å²) in [6.07, 6.45) is -3.70. The van der Waals surface area contributed by atoms with E-state index in [9.17, 15) is 23.3 Å². The summed E-state index contributed by atoms with van der Waals surface area (Å²) < 4.78 is 46.1. The minimum absolute atomic E-state index is 0.0460. The molecule has 2 aromatic rings. The van der Waals surface area contributed by atoms with E-state index in [0.29, 0.717) is 6.61 Å². The Kier molecular flexibility index (Phi) is 4.74. The number of anilines is 1. The number of aromatic nitrogens is 3. The second-order valence-electron chi connectivity index (χ2n) is 4.19. The fraction of sp³-hybridized carbons (Fsp3) is 0.364. The Labute approximate surface area is 126 Å². The van der Waals surface area contributed by atoms with Crippen LogP contribution in [0.5, 0.6) is 0 Å². The third-order valence-electron chi connectivity index (χ3n) is 2.59. The van der Waals surface area contributed by atoms with E-state index in [0.717, 1.165) is 12.3 Å². The van der Waals surface area contributed by atoms with Crippen molar-refractivity contribution >= 4 is 11.5 Å². The highest BCUT2D eigenvalue weighted by atomic mass is 19.4. The molecule has 0 radical (unpaired) electrons. The van der Waals surface area contributed by atoms with Crippen LogP contribution in [0.1, 0.15) is 5.89 Å². The van der Waals surface area contributed by atoms with Crippen LogP contribution in [-0.4, -0.2) is 40.3 Å². The third kappa shape index (κ3) is 3.91. The van der Waals surface area contributed by atoms with Crippen molar-refractivity contribution in [2.75, 3.05) is 25.6 Å². The van der Waals surface area contributed by atoms with Gasteiger partial charge in [-0.05, 0) is 0 Å². The molecule has 23 heavy (non-hydrogen) atoms. The Balaban J connectivity index is 2.32. The number of nitro groups is 1. The number of pyridine rings is 1. The van der Waals surface area contributed by atoms with E-state index in [1.807, 2.05) is 0 Å². The van der Waals surface area contributed by atoms with Crippen LogP contribution in [0.15, 0.2) is 16.8 Å².